The van der Waals surface area contributed by atoms with E-state index in [2.05, 4.69) is 34.2 Å². The lowest BCUT2D eigenvalue weighted by Crippen LogP contribution is -2.53. The third-order valence-electron chi connectivity index (χ3n) is 6.02. The Kier molecular flexibility index (Phi) is 7.52. The van der Waals surface area contributed by atoms with Gasteiger partial charge in [-0.05, 0) is 39.0 Å². The molecule has 26 heavy (non-hydrogen) atoms. The maximum atomic E-state index is 11.9. The van der Waals surface area contributed by atoms with Crippen LogP contribution in [-0.2, 0) is 4.79 Å². The zero-order chi connectivity index (χ0) is 18.2. The maximum absolute atomic E-state index is 11.9. The van der Waals surface area contributed by atoms with Crippen LogP contribution in [0.15, 0.2) is 4.99 Å². The number of aliphatic imine (C=N–C) groups is 1. The number of nitrogens with zero attached hydrogens (tertiary/aromatic N) is 2. The highest BCUT2D eigenvalue weighted by molar-refractivity contribution is 8.00. The van der Waals surface area contributed by atoms with Crippen molar-refractivity contribution in [3.8, 4) is 0 Å². The first kappa shape index (κ1) is 19.8. The molecule has 148 valence electrons. The van der Waals surface area contributed by atoms with Gasteiger partial charge in [0.05, 0.1) is 0 Å². The molecule has 0 aromatic rings. The van der Waals surface area contributed by atoms with E-state index in [0.29, 0.717) is 4.75 Å². The van der Waals surface area contributed by atoms with Crippen LogP contribution in [0.5, 0.6) is 0 Å². The fourth-order valence-electron chi connectivity index (χ4n) is 4.24. The molecule has 1 saturated heterocycles. The summed E-state index contributed by atoms with van der Waals surface area (Å²) in [4.78, 5) is 19.2. The molecule has 0 aromatic heterocycles. The van der Waals surface area contributed by atoms with Gasteiger partial charge in [-0.3, -0.25) is 9.79 Å². The highest BCUT2D eigenvalue weighted by Gasteiger charge is 2.38. The van der Waals surface area contributed by atoms with Crippen LogP contribution in [0, 0.1) is 5.92 Å². The molecule has 2 saturated carbocycles. The average molecular weight is 381 g/mol. The van der Waals surface area contributed by atoms with Gasteiger partial charge in [0.1, 0.15) is 0 Å². The molecule has 0 unspecified atom stereocenters. The van der Waals surface area contributed by atoms with Crippen molar-refractivity contribution >= 4 is 23.6 Å². The predicted molar refractivity (Wildman–Crippen MR) is 111 cm³/mol. The summed E-state index contributed by atoms with van der Waals surface area (Å²) in [6, 6.07) is 0. The number of rotatable bonds is 6. The lowest BCUT2D eigenvalue weighted by Gasteiger charge is -2.45. The Balaban J connectivity index is 1.45. The minimum absolute atomic E-state index is 0.249. The third-order valence-corrected chi connectivity index (χ3v) is 7.56. The summed E-state index contributed by atoms with van der Waals surface area (Å²) >= 11 is 2.20. The molecule has 0 radical (unpaired) electrons. The van der Waals surface area contributed by atoms with Crippen molar-refractivity contribution in [1.82, 2.24) is 15.5 Å². The number of carbonyl (C=O) groups excluding carboxylic acids is 1. The van der Waals surface area contributed by atoms with Gasteiger partial charge in [-0.2, -0.15) is 11.8 Å². The zero-order valence-corrected chi connectivity index (χ0v) is 17.2. The molecule has 3 aliphatic rings. The highest BCUT2D eigenvalue weighted by Crippen LogP contribution is 2.42. The molecule has 3 rings (SSSR count). The summed E-state index contributed by atoms with van der Waals surface area (Å²) in [7, 11) is 0. The van der Waals surface area contributed by atoms with Crippen LogP contribution in [-0.4, -0.2) is 60.0 Å². The Hall–Kier alpha value is -0.910. The number of hydrogen-bond donors (Lipinski definition) is 2. The standard InChI is InChI=1S/C20H36N4OS/c1-2-21-19(23-13-7-12-22-18(25)17-8-6-9-17)24-14-15-26-20(16-24)10-4-3-5-11-20/h17H,2-16H2,1H3,(H,21,23)(H,22,25). The number of amides is 1. The second-order valence-corrected chi connectivity index (χ2v) is 9.58. The van der Waals surface area contributed by atoms with E-state index >= 15 is 0 Å². The van der Waals surface area contributed by atoms with Crippen molar-refractivity contribution < 1.29 is 4.79 Å². The van der Waals surface area contributed by atoms with E-state index in [1.165, 1.54) is 44.3 Å². The molecule has 2 aliphatic carbocycles. The monoisotopic (exact) mass is 380 g/mol. The number of guanidine groups is 1. The molecule has 0 atom stereocenters. The number of thioether (sulfide) groups is 1. The highest BCUT2D eigenvalue weighted by atomic mass is 32.2. The first-order valence-corrected chi connectivity index (χ1v) is 11.7. The van der Waals surface area contributed by atoms with Gasteiger partial charge in [0, 0.05) is 49.1 Å². The fourth-order valence-corrected chi connectivity index (χ4v) is 5.81. The van der Waals surface area contributed by atoms with Crippen LogP contribution < -0.4 is 10.6 Å². The largest absolute Gasteiger partial charge is 0.357 e. The predicted octanol–water partition coefficient (Wildman–Crippen LogP) is 3.01. The van der Waals surface area contributed by atoms with Crippen LogP contribution >= 0.6 is 11.8 Å². The van der Waals surface area contributed by atoms with Gasteiger partial charge < -0.3 is 15.5 Å². The van der Waals surface area contributed by atoms with E-state index < -0.39 is 0 Å². The summed E-state index contributed by atoms with van der Waals surface area (Å²) in [5.41, 5.74) is 0. The Labute approximate surface area is 163 Å². The van der Waals surface area contributed by atoms with Crippen LogP contribution in [0.2, 0.25) is 0 Å². The van der Waals surface area contributed by atoms with Crippen LogP contribution in [0.25, 0.3) is 0 Å². The lowest BCUT2D eigenvalue weighted by atomic mass is 9.85. The molecule has 6 heteroatoms. The first-order chi connectivity index (χ1) is 12.7. The summed E-state index contributed by atoms with van der Waals surface area (Å²) in [6.07, 6.45) is 11.2. The van der Waals surface area contributed by atoms with E-state index in [9.17, 15) is 4.79 Å². The summed E-state index contributed by atoms with van der Waals surface area (Å²) in [6.45, 7) is 6.82. The molecule has 5 nitrogen and oxygen atoms in total. The average Bonchev–Trinajstić information content (AvgIpc) is 2.60. The van der Waals surface area contributed by atoms with Crippen molar-refractivity contribution in [1.29, 1.82) is 0 Å². The van der Waals surface area contributed by atoms with E-state index in [4.69, 9.17) is 4.99 Å². The summed E-state index contributed by atoms with van der Waals surface area (Å²) in [5.74, 6) is 2.82. The maximum Gasteiger partial charge on any atom is 0.223 e. The van der Waals surface area contributed by atoms with Gasteiger partial charge in [0.2, 0.25) is 5.91 Å². The van der Waals surface area contributed by atoms with Crippen molar-refractivity contribution in [2.24, 2.45) is 10.9 Å². The summed E-state index contributed by atoms with van der Waals surface area (Å²) in [5, 5.41) is 6.56. The van der Waals surface area contributed by atoms with Gasteiger partial charge in [-0.1, -0.05) is 25.7 Å². The van der Waals surface area contributed by atoms with Gasteiger partial charge in [0.15, 0.2) is 5.96 Å². The van der Waals surface area contributed by atoms with Crippen LogP contribution in [0.4, 0.5) is 0 Å². The van der Waals surface area contributed by atoms with Crippen molar-refractivity contribution in [3.05, 3.63) is 0 Å². The molecular formula is C20H36N4OS. The topological polar surface area (TPSA) is 56.7 Å². The lowest BCUT2D eigenvalue weighted by molar-refractivity contribution is -0.127. The molecule has 2 N–H and O–H groups in total. The quantitative estimate of drug-likeness (QED) is 0.422. The van der Waals surface area contributed by atoms with Crippen LogP contribution in [0.3, 0.4) is 0 Å². The minimum atomic E-state index is 0.249. The number of carbonyl (C=O) groups is 1. The van der Waals surface area contributed by atoms with E-state index in [1.54, 1.807) is 0 Å². The van der Waals surface area contributed by atoms with Crippen molar-refractivity contribution in [2.75, 3.05) is 38.5 Å². The summed E-state index contributed by atoms with van der Waals surface area (Å²) < 4.78 is 0.462. The SMILES string of the molecule is CCNC(=NCCCNC(=O)C1CCC1)N1CCSC2(CCCCC2)C1. The minimum Gasteiger partial charge on any atom is -0.357 e. The van der Waals surface area contributed by atoms with Gasteiger partial charge >= 0.3 is 0 Å². The van der Waals surface area contributed by atoms with Gasteiger partial charge in [0.25, 0.3) is 0 Å². The molecule has 1 aliphatic heterocycles. The molecule has 1 heterocycles. The molecule has 0 aromatic carbocycles. The van der Waals surface area contributed by atoms with Crippen molar-refractivity contribution in [3.63, 3.8) is 0 Å². The molecule has 1 amide bonds. The van der Waals surface area contributed by atoms with E-state index in [1.807, 2.05) is 0 Å². The second kappa shape index (κ2) is 9.86. The van der Waals surface area contributed by atoms with Gasteiger partial charge in [-0.15, -0.1) is 0 Å². The smallest absolute Gasteiger partial charge is 0.223 e. The van der Waals surface area contributed by atoms with E-state index in [0.717, 1.165) is 57.9 Å². The third kappa shape index (κ3) is 5.30. The molecule has 1 spiro atoms. The number of hydrogen-bond acceptors (Lipinski definition) is 3. The molecular weight excluding hydrogens is 344 g/mol. The first-order valence-electron chi connectivity index (χ1n) is 10.7. The van der Waals surface area contributed by atoms with Crippen molar-refractivity contribution in [2.45, 2.75) is 69.5 Å². The Morgan fingerprint density at radius 1 is 1.19 bits per heavy atom. The van der Waals surface area contributed by atoms with Gasteiger partial charge in [-0.25, -0.2) is 0 Å². The second-order valence-electron chi connectivity index (χ2n) is 8.02. The zero-order valence-electron chi connectivity index (χ0n) is 16.4. The molecule has 3 fully saturated rings. The molecule has 0 bridgehead atoms. The normalized spacial score (nSPS) is 23.6. The Morgan fingerprint density at radius 2 is 2.00 bits per heavy atom. The fraction of sp³-hybridized carbons (Fsp3) is 0.900. The Bertz CT molecular complexity index is 481. The Morgan fingerprint density at radius 3 is 2.69 bits per heavy atom. The van der Waals surface area contributed by atoms with E-state index in [-0.39, 0.29) is 11.8 Å². The number of nitrogens with one attached hydrogen (secondary N) is 2. The van der Waals surface area contributed by atoms with Crippen LogP contribution in [0.1, 0.15) is 64.7 Å².